The number of nitrogens with zero attached hydrogens (tertiary/aromatic N) is 4. The zero-order valence-electron chi connectivity index (χ0n) is 9.90. The summed E-state index contributed by atoms with van der Waals surface area (Å²) in [7, 11) is 0. The quantitative estimate of drug-likeness (QED) is 0.856. The van der Waals surface area contributed by atoms with Crippen molar-refractivity contribution >= 4 is 27.5 Å². The molecule has 0 radical (unpaired) electrons. The van der Waals surface area contributed by atoms with Crippen LogP contribution in [0.4, 0.5) is 0 Å². The fourth-order valence-corrected chi connectivity index (χ4v) is 1.99. The summed E-state index contributed by atoms with van der Waals surface area (Å²) in [5.74, 6) is 0.776. The van der Waals surface area contributed by atoms with Crippen molar-refractivity contribution in [1.82, 2.24) is 25.5 Å². The fourth-order valence-electron chi connectivity index (χ4n) is 1.51. The first-order valence-corrected chi connectivity index (χ1v) is 6.83. The van der Waals surface area contributed by atoms with Crippen LogP contribution in [0.3, 0.4) is 0 Å². The Morgan fingerprint density at radius 3 is 3.00 bits per heavy atom. The number of aromatic nitrogens is 4. The molecule has 0 fully saturated rings. The maximum Gasteiger partial charge on any atom is 0.170 e. The lowest BCUT2D eigenvalue weighted by Gasteiger charge is -2.06. The predicted octanol–water partition coefficient (Wildman–Crippen LogP) is 2.58. The van der Waals surface area contributed by atoms with Gasteiger partial charge in [-0.3, -0.25) is 0 Å². The first-order chi connectivity index (χ1) is 8.72. The molecular weight excluding hydrogens is 318 g/mol. The molecule has 0 amide bonds. The summed E-state index contributed by atoms with van der Waals surface area (Å²) in [5.41, 5.74) is 0.879. The molecule has 0 spiro atoms. The minimum atomic E-state index is 0.640. The van der Waals surface area contributed by atoms with E-state index >= 15 is 0 Å². The van der Waals surface area contributed by atoms with Crippen LogP contribution < -0.4 is 5.32 Å². The summed E-state index contributed by atoms with van der Waals surface area (Å²) in [6.45, 7) is 3.70. The van der Waals surface area contributed by atoms with Gasteiger partial charge in [0.2, 0.25) is 0 Å². The normalized spacial score (nSPS) is 10.8. The first-order valence-electron chi connectivity index (χ1n) is 5.65. The Hall–Kier alpha value is -0.980. The Morgan fingerprint density at radius 2 is 2.28 bits per heavy atom. The Morgan fingerprint density at radius 1 is 1.44 bits per heavy atom. The topological polar surface area (TPSA) is 55.6 Å². The van der Waals surface area contributed by atoms with Crippen molar-refractivity contribution in [3.63, 3.8) is 0 Å². The second-order valence-corrected chi connectivity index (χ2v) is 5.04. The number of nitrogens with one attached hydrogen (secondary N) is 1. The Labute approximate surface area is 119 Å². The van der Waals surface area contributed by atoms with Gasteiger partial charge >= 0.3 is 0 Å². The number of rotatable bonds is 5. The van der Waals surface area contributed by atoms with Crippen molar-refractivity contribution in [1.29, 1.82) is 0 Å². The fraction of sp³-hybridized carbons (Fsp3) is 0.364. The summed E-state index contributed by atoms with van der Waals surface area (Å²) in [6.07, 6.45) is 1.08. The van der Waals surface area contributed by atoms with Gasteiger partial charge in [0.1, 0.15) is 0 Å². The summed E-state index contributed by atoms with van der Waals surface area (Å²) in [6, 6.07) is 5.58. The standard InChI is InChI=1S/C11H13BrClN5/c1-2-5-14-7-11-15-16-17-18(11)8-3-4-10(13)9(12)6-8/h3-4,6,14H,2,5,7H2,1H3. The van der Waals surface area contributed by atoms with E-state index in [-0.39, 0.29) is 0 Å². The molecule has 96 valence electrons. The lowest BCUT2D eigenvalue weighted by molar-refractivity contribution is 0.633. The van der Waals surface area contributed by atoms with E-state index in [9.17, 15) is 0 Å². The van der Waals surface area contributed by atoms with Crippen molar-refractivity contribution in [2.75, 3.05) is 6.54 Å². The Balaban J connectivity index is 2.22. The van der Waals surface area contributed by atoms with E-state index < -0.39 is 0 Å². The molecule has 0 aliphatic rings. The highest BCUT2D eigenvalue weighted by Crippen LogP contribution is 2.24. The molecule has 1 aromatic heterocycles. The summed E-state index contributed by atoms with van der Waals surface area (Å²) < 4.78 is 2.52. The SMILES string of the molecule is CCCNCc1nnnn1-c1ccc(Cl)c(Br)c1. The van der Waals surface area contributed by atoms with Crippen LogP contribution in [-0.2, 0) is 6.54 Å². The van der Waals surface area contributed by atoms with Crippen LogP contribution in [0.25, 0.3) is 5.69 Å². The van der Waals surface area contributed by atoms with E-state index in [0.29, 0.717) is 11.6 Å². The molecule has 1 aromatic carbocycles. The summed E-state index contributed by atoms with van der Waals surface area (Å²) in [4.78, 5) is 0. The molecule has 5 nitrogen and oxygen atoms in total. The highest BCUT2D eigenvalue weighted by molar-refractivity contribution is 9.10. The maximum absolute atomic E-state index is 5.96. The molecule has 0 unspecified atom stereocenters. The third-order valence-electron chi connectivity index (χ3n) is 2.39. The van der Waals surface area contributed by atoms with Crippen molar-refractivity contribution in [2.45, 2.75) is 19.9 Å². The van der Waals surface area contributed by atoms with Gasteiger partial charge in [-0.05, 0) is 57.5 Å². The molecule has 2 rings (SSSR count). The summed E-state index contributed by atoms with van der Waals surface area (Å²) in [5, 5.41) is 15.6. The third-order valence-corrected chi connectivity index (χ3v) is 3.61. The van der Waals surface area contributed by atoms with E-state index in [1.54, 1.807) is 4.68 Å². The predicted molar refractivity (Wildman–Crippen MR) is 73.9 cm³/mol. The van der Waals surface area contributed by atoms with Crippen molar-refractivity contribution in [3.05, 3.63) is 33.5 Å². The van der Waals surface area contributed by atoms with Crippen molar-refractivity contribution < 1.29 is 0 Å². The highest BCUT2D eigenvalue weighted by atomic mass is 79.9. The molecule has 0 aliphatic heterocycles. The van der Waals surface area contributed by atoms with Gasteiger partial charge in [-0.15, -0.1) is 5.10 Å². The van der Waals surface area contributed by atoms with Crippen LogP contribution >= 0.6 is 27.5 Å². The van der Waals surface area contributed by atoms with Gasteiger partial charge < -0.3 is 5.32 Å². The molecule has 0 saturated heterocycles. The highest BCUT2D eigenvalue weighted by Gasteiger charge is 2.09. The molecule has 0 atom stereocenters. The van der Waals surface area contributed by atoms with E-state index in [0.717, 1.165) is 29.0 Å². The second kappa shape index (κ2) is 6.26. The van der Waals surface area contributed by atoms with Crippen molar-refractivity contribution in [3.8, 4) is 5.69 Å². The molecule has 1 N–H and O–H groups in total. The van der Waals surface area contributed by atoms with Gasteiger partial charge in [-0.2, -0.15) is 4.68 Å². The lowest BCUT2D eigenvalue weighted by atomic mass is 10.3. The molecule has 18 heavy (non-hydrogen) atoms. The van der Waals surface area contributed by atoms with Crippen LogP contribution in [0.5, 0.6) is 0 Å². The average molecular weight is 331 g/mol. The van der Waals surface area contributed by atoms with Gasteiger partial charge in [0, 0.05) is 4.47 Å². The van der Waals surface area contributed by atoms with Crippen LogP contribution in [0, 0.1) is 0 Å². The average Bonchev–Trinajstić information content (AvgIpc) is 2.81. The van der Waals surface area contributed by atoms with E-state index in [4.69, 9.17) is 11.6 Å². The number of tetrazole rings is 1. The van der Waals surface area contributed by atoms with Gasteiger partial charge in [0.15, 0.2) is 5.82 Å². The minimum absolute atomic E-state index is 0.640. The lowest BCUT2D eigenvalue weighted by Crippen LogP contribution is -2.17. The molecule has 2 aromatic rings. The smallest absolute Gasteiger partial charge is 0.170 e. The van der Waals surface area contributed by atoms with Gasteiger partial charge in [0.05, 0.1) is 17.3 Å². The largest absolute Gasteiger partial charge is 0.310 e. The van der Waals surface area contributed by atoms with Crippen LogP contribution in [0.1, 0.15) is 19.2 Å². The Kier molecular flexibility index (Phi) is 4.68. The Bertz CT molecular complexity index is 528. The molecular formula is C11H13BrClN5. The van der Waals surface area contributed by atoms with Crippen LogP contribution in [0.2, 0.25) is 5.02 Å². The van der Waals surface area contributed by atoms with Crippen molar-refractivity contribution in [2.24, 2.45) is 0 Å². The molecule has 0 bridgehead atoms. The first kappa shape index (κ1) is 13.5. The number of hydrogen-bond donors (Lipinski definition) is 1. The molecule has 0 saturated carbocycles. The zero-order valence-corrected chi connectivity index (χ0v) is 12.2. The molecule has 1 heterocycles. The van der Waals surface area contributed by atoms with E-state index in [2.05, 4.69) is 43.7 Å². The monoisotopic (exact) mass is 329 g/mol. The summed E-state index contributed by atoms with van der Waals surface area (Å²) >= 11 is 9.35. The van der Waals surface area contributed by atoms with Gasteiger partial charge in [0.25, 0.3) is 0 Å². The van der Waals surface area contributed by atoms with Gasteiger partial charge in [-0.25, -0.2) is 0 Å². The molecule has 0 aliphatic carbocycles. The van der Waals surface area contributed by atoms with Crippen LogP contribution in [0.15, 0.2) is 22.7 Å². The van der Waals surface area contributed by atoms with E-state index in [1.807, 2.05) is 18.2 Å². The minimum Gasteiger partial charge on any atom is -0.310 e. The number of halogens is 2. The molecule has 7 heteroatoms. The second-order valence-electron chi connectivity index (χ2n) is 3.78. The maximum atomic E-state index is 5.96. The zero-order chi connectivity index (χ0) is 13.0. The van der Waals surface area contributed by atoms with Crippen LogP contribution in [-0.4, -0.2) is 26.8 Å². The van der Waals surface area contributed by atoms with E-state index in [1.165, 1.54) is 0 Å². The third kappa shape index (κ3) is 3.07. The van der Waals surface area contributed by atoms with Gasteiger partial charge in [-0.1, -0.05) is 18.5 Å². The number of benzene rings is 1. The number of hydrogen-bond acceptors (Lipinski definition) is 4.